The van der Waals surface area contributed by atoms with E-state index in [1.165, 1.54) is 0 Å². The van der Waals surface area contributed by atoms with Gasteiger partial charge in [0.25, 0.3) is 0 Å². The molecule has 0 atom stereocenters. The molecule has 0 heterocycles. The van der Waals surface area contributed by atoms with Gasteiger partial charge in [-0.1, -0.05) is 0 Å². The van der Waals surface area contributed by atoms with Gasteiger partial charge in [-0.3, -0.25) is 0 Å². The first-order valence-electron chi connectivity index (χ1n) is 0.401. The monoisotopic (exact) mass is 249 g/mol. The predicted octanol–water partition coefficient (Wildman–Crippen LogP) is 1.26. The predicted molar refractivity (Wildman–Crippen MR) is 3.32 cm³/mol. The van der Waals surface area contributed by atoms with Crippen molar-refractivity contribution in [2.24, 2.45) is 0 Å². The summed E-state index contributed by atoms with van der Waals surface area (Å²) in [6.07, 6.45) is 0. The van der Waals surface area contributed by atoms with Crippen LogP contribution < -0.4 is 0 Å². The summed E-state index contributed by atoms with van der Waals surface area (Å²) in [4.78, 5) is 0. The van der Waals surface area contributed by atoms with Crippen LogP contribution in [-0.2, 0) is 17.7 Å². The molecule has 29 valence electrons. The normalized spacial score (nSPS) is 11.2. The Labute approximate surface area is 28.4 Å². The van der Waals surface area contributed by atoms with Gasteiger partial charge in [-0.05, 0) is 0 Å². The van der Waals surface area contributed by atoms with Crippen LogP contribution in [0.5, 0.6) is 0 Å². The third-order valence-corrected chi connectivity index (χ3v) is 0. The zero-order valence-electron chi connectivity index (χ0n) is 1.49. The number of halogens is 3. The molecule has 0 aromatic heterocycles. The van der Waals surface area contributed by atoms with E-state index < -0.39 is 17.7 Å². The van der Waals surface area contributed by atoms with E-state index >= 15 is 0 Å². The molecular weight excluding hydrogens is 247 g/mol. The summed E-state index contributed by atoms with van der Waals surface area (Å²) in [7, 11) is 0. The third kappa shape index (κ3) is 27.2. The van der Waals surface area contributed by atoms with Crippen molar-refractivity contribution in [2.45, 2.75) is 0 Å². The van der Waals surface area contributed by atoms with Gasteiger partial charge in [0.15, 0.2) is 0 Å². The van der Waals surface area contributed by atoms with Gasteiger partial charge in [-0.25, -0.2) is 0 Å². The fourth-order valence-corrected chi connectivity index (χ4v) is 0. The fourth-order valence-electron chi connectivity index (χ4n) is 0. The Bertz CT molecular complexity index is 8.00. The van der Waals surface area contributed by atoms with Gasteiger partial charge in [0.2, 0.25) is 0 Å². The van der Waals surface area contributed by atoms with Gasteiger partial charge < -0.3 is 0 Å². The SMILES string of the molecule is [F][Os]([F])[F]. The van der Waals surface area contributed by atoms with Crippen LogP contribution in [-0.4, -0.2) is 0 Å². The van der Waals surface area contributed by atoms with Gasteiger partial charge in [-0.2, -0.15) is 0 Å². The molecule has 0 bridgehead atoms. The van der Waals surface area contributed by atoms with Crippen LogP contribution in [0.2, 0.25) is 0 Å². The molecule has 0 amide bonds. The van der Waals surface area contributed by atoms with E-state index in [-0.39, 0.29) is 0 Å². The molecule has 0 rings (SSSR count). The van der Waals surface area contributed by atoms with Crippen LogP contribution in [0.1, 0.15) is 0 Å². The molecule has 4 heteroatoms. The number of rotatable bonds is 0. The summed E-state index contributed by atoms with van der Waals surface area (Å²) in [6.45, 7) is 0. The van der Waals surface area contributed by atoms with Crippen molar-refractivity contribution >= 4 is 0 Å². The number of hydrogen-bond donors (Lipinski definition) is 0. The first-order valence-corrected chi connectivity index (χ1v) is 3.28. The molecule has 0 aliphatic rings. The third-order valence-electron chi connectivity index (χ3n) is 0. The van der Waals surface area contributed by atoms with Crippen molar-refractivity contribution < 1.29 is 27.6 Å². The van der Waals surface area contributed by atoms with Gasteiger partial charge in [0.05, 0.1) is 0 Å². The van der Waals surface area contributed by atoms with E-state index in [4.69, 9.17) is 0 Å². The van der Waals surface area contributed by atoms with E-state index in [1.807, 2.05) is 0 Å². The molecule has 0 fully saturated rings. The van der Waals surface area contributed by atoms with E-state index in [0.29, 0.717) is 0 Å². The van der Waals surface area contributed by atoms with Crippen LogP contribution in [0.25, 0.3) is 0 Å². The Morgan fingerprint density at radius 3 is 1.00 bits per heavy atom. The number of hydrogen-bond acceptors (Lipinski definition) is 0. The van der Waals surface area contributed by atoms with E-state index in [9.17, 15) is 9.86 Å². The summed E-state index contributed by atoms with van der Waals surface area (Å²) in [5.74, 6) is 0. The minimum atomic E-state index is -4.90. The molecule has 0 N–H and O–H groups in total. The molecule has 0 aromatic rings. The van der Waals surface area contributed by atoms with Crippen molar-refractivity contribution in [3.63, 3.8) is 0 Å². The first-order chi connectivity index (χ1) is 1.73. The Morgan fingerprint density at radius 1 is 1.00 bits per heavy atom. The second kappa shape index (κ2) is 1.72. The summed E-state index contributed by atoms with van der Waals surface area (Å²) in [5.41, 5.74) is 0. The Kier molecular flexibility index (Phi) is 1.90. The van der Waals surface area contributed by atoms with Gasteiger partial charge in [0.1, 0.15) is 0 Å². The quantitative estimate of drug-likeness (QED) is 0.604. The van der Waals surface area contributed by atoms with Crippen molar-refractivity contribution in [1.29, 1.82) is 0 Å². The van der Waals surface area contributed by atoms with Crippen LogP contribution >= 0.6 is 0 Å². The van der Waals surface area contributed by atoms with Gasteiger partial charge in [0, 0.05) is 0 Å². The van der Waals surface area contributed by atoms with Crippen LogP contribution in [0, 0.1) is 0 Å². The van der Waals surface area contributed by atoms with Crippen molar-refractivity contribution in [2.75, 3.05) is 0 Å². The topological polar surface area (TPSA) is 0 Å². The van der Waals surface area contributed by atoms with Crippen molar-refractivity contribution in [3.8, 4) is 0 Å². The molecule has 0 nitrogen and oxygen atoms in total. The molecule has 0 saturated carbocycles. The van der Waals surface area contributed by atoms with Crippen LogP contribution in [0.15, 0.2) is 0 Å². The zero-order valence-corrected chi connectivity index (χ0v) is 4.03. The van der Waals surface area contributed by atoms with Gasteiger partial charge >= 0.3 is 27.6 Å². The van der Waals surface area contributed by atoms with E-state index in [1.54, 1.807) is 0 Å². The first kappa shape index (κ1) is 4.43. The van der Waals surface area contributed by atoms with Crippen LogP contribution in [0.3, 0.4) is 0 Å². The Balaban J connectivity index is 2.32. The summed E-state index contributed by atoms with van der Waals surface area (Å²) in [6, 6.07) is 0. The second-order valence-electron chi connectivity index (χ2n) is 0.152. The molecule has 4 heavy (non-hydrogen) atoms. The fraction of sp³-hybridized carbons (Fsp3) is 0. The maximum atomic E-state index is 9.84. The van der Waals surface area contributed by atoms with Gasteiger partial charge in [-0.15, -0.1) is 0 Å². The molecule has 0 radical (unpaired) electrons. The summed E-state index contributed by atoms with van der Waals surface area (Å²) in [5, 5.41) is 0. The molecule has 0 unspecified atom stereocenters. The Morgan fingerprint density at radius 2 is 1.00 bits per heavy atom. The maximum absolute atomic E-state index is 9.84. The second-order valence-corrected chi connectivity index (χ2v) is 1.24. The molecule has 0 saturated heterocycles. The average Bonchev–Trinajstić information content (AvgIpc) is 0.811. The van der Waals surface area contributed by atoms with Crippen molar-refractivity contribution in [1.82, 2.24) is 0 Å². The summed E-state index contributed by atoms with van der Waals surface area (Å²) >= 11 is -4.90. The van der Waals surface area contributed by atoms with Crippen LogP contribution in [0.4, 0.5) is 9.86 Å². The Hall–Kier alpha value is 0.426. The van der Waals surface area contributed by atoms with Crippen molar-refractivity contribution in [3.05, 3.63) is 0 Å². The minimum absolute atomic E-state index is 4.90. The molecule has 0 aromatic carbocycles. The average molecular weight is 247 g/mol. The standard InChI is InChI=1S/3FH.Os/h3*1H;/q;;;+3/p-3. The summed E-state index contributed by atoms with van der Waals surface area (Å²) < 4.78 is 29.5. The molecular formula is F3Os. The molecule has 0 aliphatic carbocycles. The van der Waals surface area contributed by atoms with E-state index in [2.05, 4.69) is 0 Å². The van der Waals surface area contributed by atoms with E-state index in [0.717, 1.165) is 0 Å². The zero-order chi connectivity index (χ0) is 3.58. The molecule has 0 spiro atoms. The molecule has 0 aliphatic heterocycles.